The van der Waals surface area contributed by atoms with E-state index in [0.717, 1.165) is 21.2 Å². The number of amides is 1. The highest BCUT2D eigenvalue weighted by Crippen LogP contribution is 2.36. The van der Waals surface area contributed by atoms with Crippen molar-refractivity contribution < 1.29 is 14.3 Å². The summed E-state index contributed by atoms with van der Waals surface area (Å²) < 4.78 is 6.57. The van der Waals surface area contributed by atoms with Crippen molar-refractivity contribution in [3.8, 4) is 11.3 Å². The minimum absolute atomic E-state index is 0.136. The van der Waals surface area contributed by atoms with E-state index in [-0.39, 0.29) is 12.5 Å². The number of aliphatic hydroxyl groups excluding tert-OH is 1. The summed E-state index contributed by atoms with van der Waals surface area (Å²) in [6, 6.07) is 16.9. The van der Waals surface area contributed by atoms with Crippen LogP contribution in [-0.4, -0.2) is 11.0 Å². The van der Waals surface area contributed by atoms with Crippen LogP contribution in [0.2, 0.25) is 5.02 Å². The predicted octanol–water partition coefficient (Wildman–Crippen LogP) is 5.87. The topological polar surface area (TPSA) is 62.5 Å². The van der Waals surface area contributed by atoms with Gasteiger partial charge < -0.3 is 14.8 Å². The number of halogens is 1. The van der Waals surface area contributed by atoms with E-state index in [4.69, 9.17) is 21.1 Å². The summed E-state index contributed by atoms with van der Waals surface area (Å²) in [6.45, 7) is 1.81. The van der Waals surface area contributed by atoms with E-state index in [1.54, 1.807) is 6.07 Å². The molecule has 0 aliphatic carbocycles. The number of carbonyl (C=O) groups is 1. The van der Waals surface area contributed by atoms with Gasteiger partial charge in [-0.1, -0.05) is 29.8 Å². The van der Waals surface area contributed by atoms with E-state index in [0.29, 0.717) is 27.1 Å². The highest BCUT2D eigenvalue weighted by Gasteiger charge is 2.17. The van der Waals surface area contributed by atoms with Gasteiger partial charge in [0.15, 0.2) is 0 Å². The first-order chi connectivity index (χ1) is 13.1. The van der Waals surface area contributed by atoms with E-state index in [2.05, 4.69) is 5.32 Å². The number of rotatable bonds is 4. The van der Waals surface area contributed by atoms with Crippen LogP contribution in [0, 0.1) is 6.92 Å². The molecule has 0 spiro atoms. The fourth-order valence-corrected chi connectivity index (χ4v) is 4.39. The first kappa shape index (κ1) is 17.8. The Bertz CT molecular complexity index is 1150. The molecule has 1 amide bonds. The van der Waals surface area contributed by atoms with Crippen LogP contribution < -0.4 is 5.32 Å². The molecule has 2 N–H and O–H groups in total. The third-order valence-electron chi connectivity index (χ3n) is 4.31. The summed E-state index contributed by atoms with van der Waals surface area (Å²) >= 11 is 7.77. The Morgan fingerprint density at radius 1 is 1.19 bits per heavy atom. The highest BCUT2D eigenvalue weighted by atomic mass is 35.5. The quantitative estimate of drug-likeness (QED) is 0.452. The standard InChI is InChI=1S/C21H16ClNO3S/c1-12-10-13(6-8-15(12)17-9-7-14(11-24)26-17)23-21(25)20-19(22)16-4-2-3-5-18(16)27-20/h2-10,24H,11H2,1H3,(H,23,25). The zero-order chi connectivity index (χ0) is 19.0. The van der Waals surface area contributed by atoms with Crippen LogP contribution >= 0.6 is 22.9 Å². The van der Waals surface area contributed by atoms with Crippen molar-refractivity contribution >= 4 is 44.6 Å². The lowest BCUT2D eigenvalue weighted by molar-refractivity contribution is 0.103. The summed E-state index contributed by atoms with van der Waals surface area (Å²) in [5.74, 6) is 0.970. The summed E-state index contributed by atoms with van der Waals surface area (Å²) in [4.78, 5) is 13.2. The number of fused-ring (bicyclic) bond motifs is 1. The number of carbonyl (C=O) groups excluding carboxylic acids is 1. The zero-order valence-electron chi connectivity index (χ0n) is 14.5. The maximum atomic E-state index is 12.7. The monoisotopic (exact) mass is 397 g/mol. The normalized spacial score (nSPS) is 11.1. The second-order valence-corrected chi connectivity index (χ2v) is 7.58. The lowest BCUT2D eigenvalue weighted by Crippen LogP contribution is -2.10. The van der Waals surface area contributed by atoms with Gasteiger partial charge in [0, 0.05) is 21.3 Å². The Morgan fingerprint density at radius 2 is 2.00 bits per heavy atom. The maximum Gasteiger partial charge on any atom is 0.267 e. The van der Waals surface area contributed by atoms with Crippen molar-refractivity contribution in [2.45, 2.75) is 13.5 Å². The Morgan fingerprint density at radius 3 is 2.70 bits per heavy atom. The Labute approximate surface area is 165 Å². The van der Waals surface area contributed by atoms with Crippen LogP contribution in [0.1, 0.15) is 21.0 Å². The van der Waals surface area contributed by atoms with Crippen LogP contribution in [0.25, 0.3) is 21.4 Å². The minimum atomic E-state index is -0.228. The fraction of sp³-hybridized carbons (Fsp3) is 0.0952. The molecule has 27 heavy (non-hydrogen) atoms. The second kappa shape index (κ2) is 7.19. The van der Waals surface area contributed by atoms with Crippen LogP contribution in [-0.2, 0) is 6.61 Å². The number of aliphatic hydroxyl groups is 1. The molecule has 4 nitrogen and oxygen atoms in total. The van der Waals surface area contributed by atoms with E-state index in [1.165, 1.54) is 11.3 Å². The molecule has 2 heterocycles. The molecule has 0 atom stereocenters. The number of furan rings is 1. The molecule has 0 saturated heterocycles. The van der Waals surface area contributed by atoms with Gasteiger partial charge >= 0.3 is 0 Å². The van der Waals surface area contributed by atoms with Gasteiger partial charge in [-0.25, -0.2) is 0 Å². The molecule has 0 aliphatic heterocycles. The van der Waals surface area contributed by atoms with Crippen LogP contribution in [0.4, 0.5) is 5.69 Å². The minimum Gasteiger partial charge on any atom is -0.459 e. The van der Waals surface area contributed by atoms with Crippen LogP contribution in [0.15, 0.2) is 59.0 Å². The van der Waals surface area contributed by atoms with Crippen molar-refractivity contribution in [1.29, 1.82) is 0 Å². The van der Waals surface area contributed by atoms with Crippen molar-refractivity contribution in [3.63, 3.8) is 0 Å². The summed E-state index contributed by atoms with van der Waals surface area (Å²) in [5.41, 5.74) is 2.55. The summed E-state index contributed by atoms with van der Waals surface area (Å²) in [7, 11) is 0. The SMILES string of the molecule is Cc1cc(NC(=O)c2sc3ccccc3c2Cl)ccc1-c1ccc(CO)o1. The van der Waals surface area contributed by atoms with Gasteiger partial charge in [0.25, 0.3) is 5.91 Å². The van der Waals surface area contributed by atoms with Gasteiger partial charge in [-0.2, -0.15) is 0 Å². The van der Waals surface area contributed by atoms with Gasteiger partial charge in [0.1, 0.15) is 23.0 Å². The molecule has 2 aromatic carbocycles. The Kier molecular flexibility index (Phi) is 4.74. The molecule has 0 aliphatic rings. The molecule has 0 bridgehead atoms. The van der Waals surface area contributed by atoms with E-state index in [9.17, 15) is 4.79 Å². The maximum absolute atomic E-state index is 12.7. The molecular formula is C21H16ClNO3S. The summed E-state index contributed by atoms with van der Waals surface area (Å²) in [6.07, 6.45) is 0. The molecule has 136 valence electrons. The lowest BCUT2D eigenvalue weighted by Gasteiger charge is -2.08. The number of anilines is 1. The number of hydrogen-bond acceptors (Lipinski definition) is 4. The first-order valence-corrected chi connectivity index (χ1v) is 9.55. The number of aryl methyl sites for hydroxylation is 1. The average Bonchev–Trinajstić information content (AvgIpc) is 3.27. The summed E-state index contributed by atoms with van der Waals surface area (Å²) in [5, 5.41) is 13.4. The third-order valence-corrected chi connectivity index (χ3v) is 5.98. The third kappa shape index (κ3) is 3.37. The molecule has 4 aromatic rings. The van der Waals surface area contributed by atoms with Crippen molar-refractivity contribution in [1.82, 2.24) is 0 Å². The van der Waals surface area contributed by atoms with Crippen LogP contribution in [0.3, 0.4) is 0 Å². The largest absolute Gasteiger partial charge is 0.459 e. The smallest absolute Gasteiger partial charge is 0.267 e. The predicted molar refractivity (Wildman–Crippen MR) is 110 cm³/mol. The lowest BCUT2D eigenvalue weighted by atomic mass is 10.1. The Hall–Kier alpha value is -2.60. The van der Waals surface area contributed by atoms with E-state index >= 15 is 0 Å². The molecule has 0 unspecified atom stereocenters. The zero-order valence-corrected chi connectivity index (χ0v) is 16.0. The number of hydrogen-bond donors (Lipinski definition) is 2. The Balaban J connectivity index is 1.59. The fourth-order valence-electron chi connectivity index (χ4n) is 2.97. The number of thiophene rings is 1. The second-order valence-electron chi connectivity index (χ2n) is 6.15. The van der Waals surface area contributed by atoms with Crippen molar-refractivity contribution in [2.75, 3.05) is 5.32 Å². The van der Waals surface area contributed by atoms with Gasteiger partial charge in [-0.3, -0.25) is 4.79 Å². The van der Waals surface area contributed by atoms with Gasteiger partial charge in [0.2, 0.25) is 0 Å². The molecule has 0 fully saturated rings. The molecule has 0 saturated carbocycles. The van der Waals surface area contributed by atoms with Gasteiger partial charge in [-0.05, 0) is 48.9 Å². The molecule has 0 radical (unpaired) electrons. The molecular weight excluding hydrogens is 382 g/mol. The van der Waals surface area contributed by atoms with Crippen molar-refractivity contribution in [2.24, 2.45) is 0 Å². The molecule has 6 heteroatoms. The first-order valence-electron chi connectivity index (χ1n) is 8.36. The molecule has 2 aromatic heterocycles. The van der Waals surface area contributed by atoms with Gasteiger partial charge in [-0.15, -0.1) is 11.3 Å². The van der Waals surface area contributed by atoms with Crippen LogP contribution in [0.5, 0.6) is 0 Å². The van der Waals surface area contributed by atoms with Gasteiger partial charge in [0.05, 0.1) is 5.02 Å². The number of benzene rings is 2. The van der Waals surface area contributed by atoms with E-state index < -0.39 is 0 Å². The average molecular weight is 398 g/mol. The van der Waals surface area contributed by atoms with Crippen molar-refractivity contribution in [3.05, 3.63) is 75.8 Å². The van der Waals surface area contributed by atoms with E-state index in [1.807, 2.05) is 55.5 Å². The molecule has 4 rings (SSSR count). The number of nitrogens with one attached hydrogen (secondary N) is 1. The highest BCUT2D eigenvalue weighted by molar-refractivity contribution is 7.21.